The van der Waals surface area contributed by atoms with Crippen molar-refractivity contribution in [2.45, 2.75) is 39.2 Å². The summed E-state index contributed by atoms with van der Waals surface area (Å²) in [6.07, 6.45) is 3.39. The third kappa shape index (κ3) is 0.759. The molecular formula is C10H18OS. The van der Waals surface area contributed by atoms with E-state index < -0.39 is 0 Å². The van der Waals surface area contributed by atoms with Gasteiger partial charge in [-0.3, -0.25) is 0 Å². The predicted octanol–water partition coefficient (Wildman–Crippen LogP) is 2.10. The first-order chi connectivity index (χ1) is 5.54. The van der Waals surface area contributed by atoms with Crippen LogP contribution in [0.2, 0.25) is 0 Å². The molecule has 2 bridgehead atoms. The quantitative estimate of drug-likeness (QED) is 0.601. The SMILES string of the molecule is CC1(C)C2CCC1(CS)C(O)C2. The van der Waals surface area contributed by atoms with Crippen LogP contribution in [0, 0.1) is 16.7 Å². The van der Waals surface area contributed by atoms with Crippen LogP contribution in [-0.4, -0.2) is 17.0 Å². The molecule has 2 heteroatoms. The van der Waals surface area contributed by atoms with E-state index in [9.17, 15) is 5.11 Å². The fourth-order valence-corrected chi connectivity index (χ4v) is 4.19. The maximum absolute atomic E-state index is 9.96. The second-order valence-electron chi connectivity index (χ2n) is 5.02. The molecular weight excluding hydrogens is 168 g/mol. The molecule has 12 heavy (non-hydrogen) atoms. The van der Waals surface area contributed by atoms with Gasteiger partial charge in [-0.15, -0.1) is 0 Å². The van der Waals surface area contributed by atoms with Crippen LogP contribution >= 0.6 is 12.6 Å². The Labute approximate surface area is 80.0 Å². The number of rotatable bonds is 1. The molecule has 0 aromatic rings. The average molecular weight is 186 g/mol. The van der Waals surface area contributed by atoms with E-state index >= 15 is 0 Å². The molecule has 0 saturated heterocycles. The number of fused-ring (bicyclic) bond motifs is 2. The van der Waals surface area contributed by atoms with Crippen LogP contribution in [0.4, 0.5) is 0 Å². The zero-order valence-corrected chi connectivity index (χ0v) is 8.77. The number of thiol groups is 1. The Hall–Kier alpha value is 0.310. The third-order valence-electron chi connectivity index (χ3n) is 4.67. The monoisotopic (exact) mass is 186 g/mol. The van der Waals surface area contributed by atoms with Gasteiger partial charge in [0.2, 0.25) is 0 Å². The largest absolute Gasteiger partial charge is 0.392 e. The smallest absolute Gasteiger partial charge is 0.0612 e. The van der Waals surface area contributed by atoms with Gasteiger partial charge in [-0.25, -0.2) is 0 Å². The highest BCUT2D eigenvalue weighted by Crippen LogP contribution is 2.65. The summed E-state index contributed by atoms with van der Waals surface area (Å²) in [5, 5.41) is 9.96. The average Bonchev–Trinajstić information content (AvgIpc) is 2.36. The zero-order chi connectivity index (χ0) is 8.98. The number of hydrogen-bond acceptors (Lipinski definition) is 2. The summed E-state index contributed by atoms with van der Waals surface area (Å²) in [4.78, 5) is 0. The maximum atomic E-state index is 9.96. The van der Waals surface area contributed by atoms with E-state index in [2.05, 4.69) is 26.5 Å². The van der Waals surface area contributed by atoms with Crippen molar-refractivity contribution in [3.8, 4) is 0 Å². The fraction of sp³-hybridized carbons (Fsp3) is 1.00. The van der Waals surface area contributed by atoms with Crippen LogP contribution in [0.1, 0.15) is 33.1 Å². The lowest BCUT2D eigenvalue weighted by Gasteiger charge is -2.39. The molecule has 2 saturated carbocycles. The Morgan fingerprint density at radius 3 is 2.42 bits per heavy atom. The third-order valence-corrected chi connectivity index (χ3v) is 5.23. The predicted molar refractivity (Wildman–Crippen MR) is 53.4 cm³/mol. The molecule has 3 atom stereocenters. The summed E-state index contributed by atoms with van der Waals surface area (Å²) >= 11 is 4.42. The van der Waals surface area contributed by atoms with E-state index in [1.165, 1.54) is 12.8 Å². The van der Waals surface area contributed by atoms with E-state index in [-0.39, 0.29) is 11.5 Å². The van der Waals surface area contributed by atoms with Crippen LogP contribution in [-0.2, 0) is 0 Å². The molecule has 2 aliphatic carbocycles. The van der Waals surface area contributed by atoms with Gasteiger partial charge in [0.1, 0.15) is 0 Å². The molecule has 0 aliphatic heterocycles. The van der Waals surface area contributed by atoms with Crippen molar-refractivity contribution < 1.29 is 5.11 Å². The minimum Gasteiger partial charge on any atom is -0.392 e. The maximum Gasteiger partial charge on any atom is 0.0612 e. The van der Waals surface area contributed by atoms with Crippen molar-refractivity contribution in [2.24, 2.45) is 16.7 Å². The first kappa shape index (κ1) is 8.89. The second kappa shape index (κ2) is 2.42. The van der Waals surface area contributed by atoms with Crippen molar-refractivity contribution in [3.05, 3.63) is 0 Å². The van der Waals surface area contributed by atoms with E-state index in [0.29, 0.717) is 5.41 Å². The molecule has 3 unspecified atom stereocenters. The van der Waals surface area contributed by atoms with E-state index in [0.717, 1.165) is 18.1 Å². The molecule has 2 rings (SSSR count). The first-order valence-corrected chi connectivity index (χ1v) is 5.47. The Morgan fingerprint density at radius 1 is 1.50 bits per heavy atom. The van der Waals surface area contributed by atoms with Gasteiger partial charge in [-0.1, -0.05) is 13.8 Å². The van der Waals surface area contributed by atoms with Crippen LogP contribution in [0.5, 0.6) is 0 Å². The fourth-order valence-electron chi connectivity index (χ4n) is 3.41. The topological polar surface area (TPSA) is 20.2 Å². The molecule has 1 nitrogen and oxygen atoms in total. The van der Waals surface area contributed by atoms with Crippen LogP contribution in [0.15, 0.2) is 0 Å². The van der Waals surface area contributed by atoms with Crippen molar-refractivity contribution in [3.63, 3.8) is 0 Å². The molecule has 0 heterocycles. The zero-order valence-electron chi connectivity index (χ0n) is 7.88. The molecule has 2 fully saturated rings. The van der Waals surface area contributed by atoms with Crippen molar-refractivity contribution in [1.29, 1.82) is 0 Å². The van der Waals surface area contributed by atoms with Gasteiger partial charge < -0.3 is 5.11 Å². The van der Waals surface area contributed by atoms with Crippen molar-refractivity contribution in [2.75, 3.05) is 5.75 Å². The van der Waals surface area contributed by atoms with E-state index in [1.54, 1.807) is 0 Å². The van der Waals surface area contributed by atoms with Gasteiger partial charge in [0.05, 0.1) is 6.10 Å². The van der Waals surface area contributed by atoms with Crippen LogP contribution in [0.3, 0.4) is 0 Å². The standard InChI is InChI=1S/C10H18OS/c1-9(2)7-3-4-10(9,6-12)8(11)5-7/h7-8,11-12H,3-6H2,1-2H3. The Balaban J connectivity index is 2.39. The molecule has 0 aromatic carbocycles. The molecule has 70 valence electrons. The lowest BCUT2D eigenvalue weighted by molar-refractivity contribution is 0.0171. The van der Waals surface area contributed by atoms with Gasteiger partial charge >= 0.3 is 0 Å². The summed E-state index contributed by atoms with van der Waals surface area (Å²) < 4.78 is 0. The first-order valence-electron chi connectivity index (χ1n) is 4.83. The summed E-state index contributed by atoms with van der Waals surface area (Å²) in [5.41, 5.74) is 0.439. The Morgan fingerprint density at radius 2 is 2.17 bits per heavy atom. The summed E-state index contributed by atoms with van der Waals surface area (Å²) in [5.74, 6) is 1.58. The summed E-state index contributed by atoms with van der Waals surface area (Å²) in [6, 6.07) is 0. The highest BCUT2D eigenvalue weighted by Gasteiger charge is 2.62. The van der Waals surface area contributed by atoms with Crippen LogP contribution < -0.4 is 0 Å². The van der Waals surface area contributed by atoms with Crippen molar-refractivity contribution in [1.82, 2.24) is 0 Å². The highest BCUT2D eigenvalue weighted by atomic mass is 32.1. The van der Waals surface area contributed by atoms with E-state index in [4.69, 9.17) is 0 Å². The summed E-state index contributed by atoms with van der Waals surface area (Å²) in [6.45, 7) is 4.61. The van der Waals surface area contributed by atoms with Gasteiger partial charge in [-0.05, 0) is 36.3 Å². The number of aliphatic hydroxyl groups excluding tert-OH is 1. The van der Waals surface area contributed by atoms with Gasteiger partial charge in [0.15, 0.2) is 0 Å². The molecule has 1 N–H and O–H groups in total. The van der Waals surface area contributed by atoms with Crippen LogP contribution in [0.25, 0.3) is 0 Å². The molecule has 0 aromatic heterocycles. The number of aliphatic hydroxyl groups is 1. The van der Waals surface area contributed by atoms with Gasteiger partial charge in [0, 0.05) is 5.41 Å². The molecule has 0 amide bonds. The molecule has 0 radical (unpaired) electrons. The second-order valence-corrected chi connectivity index (χ2v) is 5.34. The minimum atomic E-state index is -0.0938. The highest BCUT2D eigenvalue weighted by molar-refractivity contribution is 7.80. The number of hydrogen-bond donors (Lipinski definition) is 2. The summed E-state index contributed by atoms with van der Waals surface area (Å²) in [7, 11) is 0. The van der Waals surface area contributed by atoms with Gasteiger partial charge in [-0.2, -0.15) is 12.6 Å². The Bertz CT molecular complexity index is 202. The Kier molecular flexibility index (Phi) is 1.79. The molecule has 2 aliphatic rings. The lowest BCUT2D eigenvalue weighted by Crippen LogP contribution is -2.40. The van der Waals surface area contributed by atoms with Crippen molar-refractivity contribution >= 4 is 12.6 Å². The van der Waals surface area contributed by atoms with E-state index in [1.807, 2.05) is 0 Å². The molecule has 0 spiro atoms. The lowest BCUT2D eigenvalue weighted by atomic mass is 9.70. The normalized spacial score (nSPS) is 50.0. The minimum absolute atomic E-state index is 0.0938. The van der Waals surface area contributed by atoms with Gasteiger partial charge in [0.25, 0.3) is 0 Å².